The summed E-state index contributed by atoms with van der Waals surface area (Å²) >= 11 is 5.80. The largest absolute Gasteiger partial charge is 0.364 e. The van der Waals surface area contributed by atoms with Crippen LogP contribution in [0.5, 0.6) is 0 Å². The molecule has 3 rings (SSSR count). The van der Waals surface area contributed by atoms with E-state index in [-0.39, 0.29) is 10.7 Å². The molecule has 3 aromatic rings. The minimum Gasteiger partial charge on any atom is -0.364 e. The molecule has 0 atom stereocenters. The summed E-state index contributed by atoms with van der Waals surface area (Å²) in [7, 11) is 0. The number of primary amides is 1. The Bertz CT molecular complexity index is 978. The lowest BCUT2D eigenvalue weighted by molar-refractivity contribution is 0.0995. The Labute approximate surface area is 150 Å². The molecule has 0 unspecified atom stereocenters. The fraction of sp³-hybridized carbons (Fsp3) is 0.263. The molecule has 25 heavy (non-hydrogen) atoms. The Morgan fingerprint density at radius 2 is 2.08 bits per heavy atom. The van der Waals surface area contributed by atoms with Gasteiger partial charge in [-0.2, -0.15) is 0 Å². The van der Waals surface area contributed by atoms with E-state index in [1.807, 2.05) is 16.8 Å². The fourth-order valence-electron chi connectivity index (χ4n) is 2.98. The predicted molar refractivity (Wildman–Crippen MR) is 98.2 cm³/mol. The van der Waals surface area contributed by atoms with Crippen molar-refractivity contribution >= 4 is 28.5 Å². The van der Waals surface area contributed by atoms with Crippen LogP contribution in [0.15, 0.2) is 30.5 Å². The minimum absolute atomic E-state index is 0.0833. The maximum atomic E-state index is 13.9. The van der Waals surface area contributed by atoms with Crippen molar-refractivity contribution in [2.45, 2.75) is 27.3 Å². The second-order valence-corrected chi connectivity index (χ2v) is 7.01. The first-order valence-electron chi connectivity index (χ1n) is 8.03. The molecule has 0 radical (unpaired) electrons. The van der Waals surface area contributed by atoms with Crippen LogP contribution in [0.4, 0.5) is 4.39 Å². The number of aryl methyl sites for hydroxylation is 1. The molecule has 1 amide bonds. The average Bonchev–Trinajstić information content (AvgIpc) is 2.86. The second-order valence-electron chi connectivity index (χ2n) is 6.61. The van der Waals surface area contributed by atoms with E-state index in [2.05, 4.69) is 18.8 Å². The summed E-state index contributed by atoms with van der Waals surface area (Å²) in [5.74, 6) is -0.649. The van der Waals surface area contributed by atoms with Gasteiger partial charge in [0.1, 0.15) is 17.2 Å². The molecule has 6 heteroatoms. The van der Waals surface area contributed by atoms with Crippen molar-refractivity contribution in [3.05, 3.63) is 52.6 Å². The van der Waals surface area contributed by atoms with Crippen molar-refractivity contribution in [1.82, 2.24) is 9.55 Å². The van der Waals surface area contributed by atoms with Crippen LogP contribution >= 0.6 is 11.6 Å². The van der Waals surface area contributed by atoms with Crippen molar-refractivity contribution in [1.29, 1.82) is 0 Å². The maximum absolute atomic E-state index is 13.9. The Kier molecular flexibility index (Phi) is 4.52. The van der Waals surface area contributed by atoms with Crippen molar-refractivity contribution in [2.24, 2.45) is 11.7 Å². The molecular weight excluding hydrogens is 341 g/mol. The van der Waals surface area contributed by atoms with E-state index in [1.165, 1.54) is 12.1 Å². The van der Waals surface area contributed by atoms with Crippen LogP contribution in [0.2, 0.25) is 5.02 Å². The molecule has 0 bridgehead atoms. The number of aromatic nitrogens is 2. The van der Waals surface area contributed by atoms with Gasteiger partial charge in [-0.1, -0.05) is 31.5 Å². The number of fused-ring (bicyclic) bond motifs is 1. The topological polar surface area (TPSA) is 60.9 Å². The van der Waals surface area contributed by atoms with Crippen LogP contribution in [-0.4, -0.2) is 15.5 Å². The summed E-state index contributed by atoms with van der Waals surface area (Å²) in [5.41, 5.74) is 8.60. The number of halogens is 2. The van der Waals surface area contributed by atoms with Crippen molar-refractivity contribution in [3.8, 4) is 11.1 Å². The van der Waals surface area contributed by atoms with Crippen LogP contribution < -0.4 is 5.73 Å². The Balaban J connectivity index is 2.29. The zero-order chi connectivity index (χ0) is 18.3. The van der Waals surface area contributed by atoms with Gasteiger partial charge in [-0.25, -0.2) is 9.37 Å². The third-order valence-corrected chi connectivity index (χ3v) is 4.37. The van der Waals surface area contributed by atoms with Crippen LogP contribution in [0.1, 0.15) is 29.9 Å². The number of amides is 1. The molecule has 0 fully saturated rings. The highest BCUT2D eigenvalue weighted by Gasteiger charge is 2.17. The number of carbonyl (C=O) groups excluding carboxylic acids is 1. The lowest BCUT2D eigenvalue weighted by Crippen LogP contribution is -2.15. The van der Waals surface area contributed by atoms with Gasteiger partial charge in [0.25, 0.3) is 5.91 Å². The molecule has 0 spiro atoms. The summed E-state index contributed by atoms with van der Waals surface area (Å²) in [4.78, 5) is 16.1. The van der Waals surface area contributed by atoms with Crippen molar-refractivity contribution in [2.75, 3.05) is 0 Å². The summed E-state index contributed by atoms with van der Waals surface area (Å²) in [6, 6.07) is 6.60. The maximum Gasteiger partial charge on any atom is 0.267 e. The van der Waals surface area contributed by atoms with Gasteiger partial charge >= 0.3 is 0 Å². The zero-order valence-corrected chi connectivity index (χ0v) is 15.1. The number of benzene rings is 1. The van der Waals surface area contributed by atoms with Crippen LogP contribution in [-0.2, 0) is 6.54 Å². The minimum atomic E-state index is -0.559. The first kappa shape index (κ1) is 17.4. The molecule has 2 N–H and O–H groups in total. The molecule has 130 valence electrons. The van der Waals surface area contributed by atoms with Crippen molar-refractivity contribution in [3.63, 3.8) is 0 Å². The van der Waals surface area contributed by atoms with E-state index >= 15 is 0 Å². The van der Waals surface area contributed by atoms with Gasteiger partial charge in [0.2, 0.25) is 0 Å². The lowest BCUT2D eigenvalue weighted by atomic mass is 10.0. The van der Waals surface area contributed by atoms with Crippen LogP contribution in [0, 0.1) is 18.7 Å². The van der Waals surface area contributed by atoms with E-state index in [9.17, 15) is 9.18 Å². The Morgan fingerprint density at radius 1 is 1.36 bits per heavy atom. The van der Waals surface area contributed by atoms with E-state index < -0.39 is 11.7 Å². The number of nitrogens with two attached hydrogens (primary N) is 1. The van der Waals surface area contributed by atoms with Crippen molar-refractivity contribution < 1.29 is 9.18 Å². The smallest absolute Gasteiger partial charge is 0.267 e. The van der Waals surface area contributed by atoms with Gasteiger partial charge in [-0.05, 0) is 42.2 Å². The number of nitrogens with zero attached hydrogens (tertiary/aromatic N) is 2. The van der Waals surface area contributed by atoms with Crippen LogP contribution in [0.3, 0.4) is 0 Å². The molecule has 0 aliphatic rings. The molecule has 0 aliphatic heterocycles. The molecule has 0 saturated carbocycles. The van der Waals surface area contributed by atoms with Gasteiger partial charge in [-0.3, -0.25) is 4.79 Å². The number of hydrogen-bond acceptors (Lipinski definition) is 2. The number of pyridine rings is 1. The molecular formula is C19H19ClFN3O. The van der Waals surface area contributed by atoms with Gasteiger partial charge < -0.3 is 10.3 Å². The SMILES string of the molecule is Cc1cc2c(-c3ccc(Cl)c(F)c3)cn(CC(C)C)c2nc1C(N)=O. The highest BCUT2D eigenvalue weighted by Crippen LogP contribution is 2.33. The fourth-order valence-corrected chi connectivity index (χ4v) is 3.10. The molecule has 0 aliphatic carbocycles. The summed E-state index contributed by atoms with van der Waals surface area (Å²) in [6.45, 7) is 6.70. The number of hydrogen-bond donors (Lipinski definition) is 1. The highest BCUT2D eigenvalue weighted by molar-refractivity contribution is 6.30. The second kappa shape index (κ2) is 6.48. The molecule has 4 nitrogen and oxygen atoms in total. The standard InChI is InChI=1S/C19H19ClFN3O/c1-10(2)8-24-9-14(12-4-5-15(20)16(21)7-12)13-6-11(3)17(18(22)25)23-19(13)24/h4-7,9-10H,8H2,1-3H3,(H2,22,25). The summed E-state index contributed by atoms with van der Waals surface area (Å²) in [6.07, 6.45) is 1.94. The first-order valence-corrected chi connectivity index (χ1v) is 8.41. The number of carbonyl (C=O) groups is 1. The van der Waals surface area contributed by atoms with Gasteiger partial charge in [0, 0.05) is 23.7 Å². The lowest BCUT2D eigenvalue weighted by Gasteiger charge is -2.08. The van der Waals surface area contributed by atoms with Gasteiger partial charge in [0.05, 0.1) is 5.02 Å². The Hall–Kier alpha value is -2.40. The monoisotopic (exact) mass is 359 g/mol. The van der Waals surface area contributed by atoms with Gasteiger partial charge in [-0.15, -0.1) is 0 Å². The summed E-state index contributed by atoms with van der Waals surface area (Å²) in [5, 5.41) is 0.935. The molecule has 1 aromatic carbocycles. The quantitative estimate of drug-likeness (QED) is 0.742. The molecule has 2 aromatic heterocycles. The first-order chi connectivity index (χ1) is 11.8. The van der Waals surface area contributed by atoms with E-state index in [4.69, 9.17) is 17.3 Å². The highest BCUT2D eigenvalue weighted by atomic mass is 35.5. The number of rotatable bonds is 4. The third kappa shape index (κ3) is 3.24. The predicted octanol–water partition coefficient (Wildman–Crippen LogP) is 4.56. The normalized spacial score (nSPS) is 11.4. The Morgan fingerprint density at radius 3 is 2.68 bits per heavy atom. The van der Waals surface area contributed by atoms with Gasteiger partial charge in [0.15, 0.2) is 0 Å². The van der Waals surface area contributed by atoms with E-state index in [1.54, 1.807) is 13.0 Å². The molecule has 0 saturated heterocycles. The molecule has 2 heterocycles. The van der Waals surface area contributed by atoms with E-state index in [0.717, 1.165) is 17.5 Å². The third-order valence-electron chi connectivity index (χ3n) is 4.07. The van der Waals surface area contributed by atoms with Crippen LogP contribution in [0.25, 0.3) is 22.2 Å². The average molecular weight is 360 g/mol. The summed E-state index contributed by atoms with van der Waals surface area (Å²) < 4.78 is 15.9. The van der Waals surface area contributed by atoms with E-state index in [0.29, 0.717) is 22.7 Å². The zero-order valence-electron chi connectivity index (χ0n) is 14.3.